The minimum Gasteiger partial charge on any atom is -0.494 e. The van der Waals surface area contributed by atoms with Crippen LogP contribution >= 0.6 is 23.1 Å². The highest BCUT2D eigenvalue weighted by Gasteiger charge is 2.38. The number of imide groups is 1. The van der Waals surface area contributed by atoms with Crippen LogP contribution in [0.2, 0.25) is 0 Å². The van der Waals surface area contributed by atoms with Gasteiger partial charge in [0.05, 0.1) is 39.7 Å². The van der Waals surface area contributed by atoms with Gasteiger partial charge < -0.3 is 40.0 Å². The molecule has 3 aromatic carbocycles. The molecule has 3 aromatic heterocycles. The molecule has 0 spiro atoms. The summed E-state index contributed by atoms with van der Waals surface area (Å²) in [5.74, 6) is -0.304. The van der Waals surface area contributed by atoms with E-state index >= 15 is 0 Å². The molecule has 0 aliphatic carbocycles. The summed E-state index contributed by atoms with van der Waals surface area (Å²) in [6.45, 7) is 9.88. The number of likely N-dealkylation sites (tertiary alicyclic amines) is 1. The molecule has 67 heavy (non-hydrogen) atoms. The summed E-state index contributed by atoms with van der Waals surface area (Å²) < 4.78 is 20.1. The number of rotatable bonds is 13. The first-order valence-electron chi connectivity index (χ1n) is 21.9. The second-order valence-corrected chi connectivity index (χ2v) is 21.0. The molecule has 0 bridgehead atoms. The second kappa shape index (κ2) is 18.9. The molecule has 6 heterocycles. The molecule has 3 fully saturated rings. The number of piperidine rings is 1. The molecule has 3 saturated heterocycles. The zero-order chi connectivity index (χ0) is 47.0. The van der Waals surface area contributed by atoms with Crippen LogP contribution < -0.4 is 36.2 Å². The van der Waals surface area contributed by atoms with Crippen LogP contribution in [0.25, 0.3) is 11.0 Å². The van der Waals surface area contributed by atoms with Crippen LogP contribution in [0.3, 0.4) is 0 Å². The number of methoxy groups -OCH3 is 1. The Morgan fingerprint density at radius 3 is 2.42 bits per heavy atom. The van der Waals surface area contributed by atoms with Crippen molar-refractivity contribution in [2.75, 3.05) is 80.6 Å². The van der Waals surface area contributed by atoms with Crippen molar-refractivity contribution in [2.24, 2.45) is 0 Å². The highest BCUT2D eigenvalue weighted by Crippen LogP contribution is 2.42. The summed E-state index contributed by atoms with van der Waals surface area (Å²) in [5, 5.41) is 12.4. The van der Waals surface area contributed by atoms with Crippen molar-refractivity contribution in [1.29, 1.82) is 0 Å². The highest BCUT2D eigenvalue weighted by atomic mass is 79.9. The fraction of sp³-hybridized carbons (Fsp3) is 0.326. The number of carbonyl (C=O) groups is 4. The maximum Gasteiger partial charge on any atom is 0.291 e. The zero-order valence-electron chi connectivity index (χ0n) is 37.3. The Morgan fingerprint density at radius 1 is 0.940 bits per heavy atom. The number of nitrogens with one attached hydrogen (secondary N) is 5. The molecule has 9 rings (SSSR count). The predicted octanol–water partition coefficient (Wildman–Crippen LogP) is 5.63. The smallest absolute Gasteiger partial charge is 0.291 e. The van der Waals surface area contributed by atoms with Gasteiger partial charge in [-0.15, -0.1) is 0 Å². The average molecular weight is 991 g/mol. The Hall–Kier alpha value is -6.76. The lowest BCUT2D eigenvalue weighted by molar-refractivity contribution is -0.134. The first-order chi connectivity index (χ1) is 32.3. The molecule has 4 amide bonds. The third-order valence-corrected chi connectivity index (χ3v) is 14.4. The number of H-pyrrole nitrogens is 1. The number of nitrogens with zero attached hydrogens (tertiary/aromatic N) is 8. The van der Waals surface area contributed by atoms with Crippen molar-refractivity contribution in [3.05, 3.63) is 100 Å². The van der Waals surface area contributed by atoms with E-state index in [1.165, 1.54) is 6.20 Å². The monoisotopic (exact) mass is 989 g/mol. The van der Waals surface area contributed by atoms with Gasteiger partial charge in [0.15, 0.2) is 5.82 Å². The SMILES string of the molecule is CCc1cc(Nc2ncc(Br)c(Nc3ccc4nccnc4c3P(C)(C)=O)n2)c(OC)cc1N1CCN(C2CN(C(=O)c3c[nH]c(C(=O)Nc4ccc(C5CCC(=O)NC5=O)cc4)n3)C2)CC1. The molecule has 0 radical (unpaired) electrons. The van der Waals surface area contributed by atoms with E-state index in [9.17, 15) is 23.7 Å². The summed E-state index contributed by atoms with van der Waals surface area (Å²) in [7, 11) is -1.16. The minimum absolute atomic E-state index is 0.0104. The van der Waals surface area contributed by atoms with Crippen molar-refractivity contribution in [3.8, 4) is 5.75 Å². The fourth-order valence-electron chi connectivity index (χ4n) is 8.78. The lowest BCUT2D eigenvalue weighted by Crippen LogP contribution is -2.64. The lowest BCUT2D eigenvalue weighted by Gasteiger charge is -2.48. The number of aromatic amines is 1. The second-order valence-electron chi connectivity index (χ2n) is 17.0. The zero-order valence-corrected chi connectivity index (χ0v) is 39.8. The summed E-state index contributed by atoms with van der Waals surface area (Å²) in [5.41, 5.74) is 6.21. The van der Waals surface area contributed by atoms with E-state index in [0.29, 0.717) is 74.9 Å². The number of aryl methyl sites for hydroxylation is 1. The van der Waals surface area contributed by atoms with Crippen LogP contribution in [0.5, 0.6) is 5.75 Å². The van der Waals surface area contributed by atoms with Crippen LogP contribution in [0.15, 0.2) is 77.8 Å². The van der Waals surface area contributed by atoms with Crippen LogP contribution in [0.4, 0.5) is 34.5 Å². The lowest BCUT2D eigenvalue weighted by atomic mass is 9.90. The number of anilines is 6. The number of imidazole rings is 1. The molecule has 346 valence electrons. The number of halogens is 1. The van der Waals surface area contributed by atoms with E-state index in [-0.39, 0.29) is 41.7 Å². The Kier molecular flexibility index (Phi) is 12.8. The Labute approximate surface area is 394 Å². The number of aromatic nitrogens is 6. The molecule has 0 saturated carbocycles. The minimum atomic E-state index is -2.80. The number of hydrogen-bond donors (Lipinski definition) is 5. The first kappa shape index (κ1) is 45.4. The van der Waals surface area contributed by atoms with Gasteiger partial charge in [-0.05, 0) is 83.6 Å². The number of ether oxygens (including phenoxy) is 1. The van der Waals surface area contributed by atoms with Gasteiger partial charge in [0.25, 0.3) is 11.8 Å². The highest BCUT2D eigenvalue weighted by molar-refractivity contribution is 9.10. The number of hydrogen-bond acceptors (Lipinski definition) is 15. The van der Waals surface area contributed by atoms with E-state index in [1.807, 2.05) is 12.1 Å². The van der Waals surface area contributed by atoms with Gasteiger partial charge in [-0.3, -0.25) is 39.4 Å². The number of carbonyl (C=O) groups excluding carboxylic acids is 4. The number of piperazine rings is 1. The first-order valence-corrected chi connectivity index (χ1v) is 25.3. The van der Waals surface area contributed by atoms with E-state index < -0.39 is 19.0 Å². The maximum atomic E-state index is 13.5. The van der Waals surface area contributed by atoms with Gasteiger partial charge in [-0.2, -0.15) is 4.98 Å². The third kappa shape index (κ3) is 9.59. The largest absolute Gasteiger partial charge is 0.494 e. The van der Waals surface area contributed by atoms with Crippen molar-refractivity contribution in [2.45, 2.75) is 38.1 Å². The molecular formula is C46H49BrN13O6P. The molecule has 5 N–H and O–H groups in total. The molecular weight excluding hydrogens is 941 g/mol. The Balaban J connectivity index is 0.789. The van der Waals surface area contributed by atoms with Crippen molar-refractivity contribution in [3.63, 3.8) is 0 Å². The summed E-state index contributed by atoms with van der Waals surface area (Å²) in [4.78, 5) is 82.0. The van der Waals surface area contributed by atoms with Crippen LogP contribution in [-0.4, -0.2) is 129 Å². The Morgan fingerprint density at radius 2 is 1.70 bits per heavy atom. The van der Waals surface area contributed by atoms with Gasteiger partial charge in [-0.1, -0.05) is 19.1 Å². The maximum absolute atomic E-state index is 13.5. The van der Waals surface area contributed by atoms with E-state index in [4.69, 9.17) is 9.72 Å². The van der Waals surface area contributed by atoms with Crippen LogP contribution in [0, 0.1) is 0 Å². The van der Waals surface area contributed by atoms with E-state index in [2.05, 4.69) is 91.0 Å². The summed E-state index contributed by atoms with van der Waals surface area (Å²) >= 11 is 3.58. The van der Waals surface area contributed by atoms with Gasteiger partial charge in [-0.25, -0.2) is 9.97 Å². The summed E-state index contributed by atoms with van der Waals surface area (Å²) in [6.07, 6.45) is 7.80. The fourth-order valence-corrected chi connectivity index (χ4v) is 10.5. The molecule has 6 aromatic rings. The molecule has 3 aliphatic rings. The number of benzene rings is 3. The van der Waals surface area contributed by atoms with Gasteiger partial charge >= 0.3 is 0 Å². The summed E-state index contributed by atoms with van der Waals surface area (Å²) in [6, 6.07) is 14.9. The molecule has 1 unspecified atom stereocenters. The molecule has 21 heteroatoms. The molecule has 1 atom stereocenters. The van der Waals surface area contributed by atoms with Gasteiger partial charge in [0.1, 0.15) is 29.9 Å². The van der Waals surface area contributed by atoms with Crippen molar-refractivity contribution in [1.82, 2.24) is 45.0 Å². The normalized spacial score (nSPS) is 16.9. The third-order valence-electron chi connectivity index (χ3n) is 12.3. The Bertz CT molecular complexity index is 2950. The van der Waals surface area contributed by atoms with Gasteiger partial charge in [0.2, 0.25) is 17.8 Å². The quantitative estimate of drug-likeness (QED) is 0.0697. The van der Waals surface area contributed by atoms with E-state index in [1.54, 1.807) is 68.2 Å². The number of amides is 4. The molecule has 19 nitrogen and oxygen atoms in total. The molecule has 3 aliphatic heterocycles. The van der Waals surface area contributed by atoms with Crippen molar-refractivity contribution >= 4 is 97.6 Å². The topological polar surface area (TPSA) is 233 Å². The number of fused-ring (bicyclic) bond motifs is 1. The van der Waals surface area contributed by atoms with E-state index in [0.717, 1.165) is 49.4 Å². The standard InChI is InChI=1S/C46H49BrN13O6P/c1-5-26-20-34(55-46-51-22-31(47)41(57-46)53-33-12-11-32-39(49-15-14-48-32)40(33)67(3,4)65)37(66-2)21-36(26)59-18-16-58(17-19-59)29-24-60(25-29)45(64)35-23-50-42(54-35)44(63)52-28-8-6-27(7-9-28)30-10-13-38(61)56-43(30)62/h6-9,11-12,14-15,20-23,29-30H,5,10,13,16-19,24-25H2,1-4H3,(H,50,54)(H,52,63)(H,56,61,62)(H2,51,53,55,57). The van der Waals surface area contributed by atoms with Crippen LogP contribution in [0.1, 0.15) is 57.9 Å². The van der Waals surface area contributed by atoms with Crippen LogP contribution in [-0.2, 0) is 20.6 Å². The predicted molar refractivity (Wildman–Crippen MR) is 259 cm³/mol. The average Bonchev–Trinajstić information content (AvgIpc) is 3.81. The van der Waals surface area contributed by atoms with Crippen molar-refractivity contribution < 1.29 is 28.5 Å². The van der Waals surface area contributed by atoms with Gasteiger partial charge in [0, 0.05) is 94.0 Å².